The number of hydrogen-bond donors (Lipinski definition) is 2. The zero-order chi connectivity index (χ0) is 85.1. The van der Waals surface area contributed by atoms with Gasteiger partial charge in [-0.15, -0.1) is 0 Å². The molecule has 0 unspecified atom stereocenters. The quantitative estimate of drug-likeness (QED) is 0.0821. The largest absolute Gasteiger partial charge is 0.488 e. The molecular formula is C100H129N9O11. The molecule has 10 aliphatic heterocycles. The summed E-state index contributed by atoms with van der Waals surface area (Å²) in [5.41, 5.74) is 20.0. The Kier molecular flexibility index (Phi) is 26.3. The smallest absolute Gasteiger partial charge is 0.410 e. The highest BCUT2D eigenvalue weighted by atomic mass is 16.6. The summed E-state index contributed by atoms with van der Waals surface area (Å²) in [6, 6.07) is 30.8. The van der Waals surface area contributed by atoms with E-state index >= 15 is 0 Å². The van der Waals surface area contributed by atoms with E-state index in [-0.39, 0.29) is 91.2 Å². The Bertz CT molecular complexity index is 5170. The highest BCUT2D eigenvalue weighted by molar-refractivity contribution is 6.10. The second-order valence-electron chi connectivity index (χ2n) is 37.5. The number of nitrogens with zero attached hydrogens (tertiary/aromatic N) is 8. The molecule has 0 aromatic heterocycles. The predicted octanol–water partition coefficient (Wildman–Crippen LogP) is 21.2. The lowest BCUT2D eigenvalue weighted by Gasteiger charge is -2.32. The minimum Gasteiger partial charge on any atom is -0.488 e. The summed E-state index contributed by atoms with van der Waals surface area (Å²) in [4.78, 5) is 104. The third-order valence-electron chi connectivity index (χ3n) is 27.8. The van der Waals surface area contributed by atoms with Crippen LogP contribution in [-0.2, 0) is 54.7 Å². The van der Waals surface area contributed by atoms with Gasteiger partial charge in [0.25, 0.3) is 0 Å². The number of allylic oxidation sites excluding steroid dienone is 2. The standard InChI is InChI=1S/C46H56N4O3.C45H54N4O4.C8H15NO4.CH4/c1-9-30-16-43(49(23-30)45(51)28(7)25(2)3)40-19-33(22-47-40)31-11-13-35-34(17-31)24-53-44-21-36-32(18-38(35)44)12-14-39-37(36)20-41(48-39)42-15-10-27(6)50(42)46(52)29(8)26(4)5;1-9-28-16-41(48(23-28)44(51)53-45(6,7)8)38-19-31(22-46-38)29-11-13-33-32(17-29)24-52-42-21-34-30(18-36(33)42)12-14-37-35(34)20-39(47-37)40-15-10-26(4)49(40)43(50)27(5)25(2)3;1-4-5(2)6(7(10)11)9-8(12)13-3;/h11-14,17-18,21-22,25-30,42-43H,9-10,15-16,19-20,23-24H2,1-8H3;11-14,17-18,21-22,25-28,40-41H,9-10,15-16,19-20,23-24H2,1-8H3;5-6H,4H2,1-3H3,(H,9,12)(H,10,11);1H4/t27-,28-,29-,30-,42-,43-;26-,27-,28-,40-,41-;5-,6-;/m000./s1. The molecule has 16 rings (SSSR count). The molecule has 20 heteroatoms. The maximum absolute atomic E-state index is 13.6. The number of carbonyl (C=O) groups is 6. The van der Waals surface area contributed by atoms with Crippen molar-refractivity contribution in [3.05, 3.63) is 131 Å². The average Bonchev–Trinajstić information content (AvgIpc) is 1.35. The van der Waals surface area contributed by atoms with Crippen LogP contribution in [0.3, 0.4) is 0 Å². The van der Waals surface area contributed by atoms with E-state index in [1.165, 1.54) is 67.6 Å². The molecule has 10 heterocycles. The number of benzene rings is 6. The number of hydrogen-bond acceptors (Lipinski definition) is 14. The Labute approximate surface area is 711 Å². The molecule has 13 atom stereocenters. The third kappa shape index (κ3) is 17.6. The van der Waals surface area contributed by atoms with Crippen molar-refractivity contribution < 1.29 is 52.8 Å². The molecule has 120 heavy (non-hydrogen) atoms. The molecule has 4 fully saturated rings. The van der Waals surface area contributed by atoms with E-state index in [1.54, 1.807) is 6.92 Å². The molecular weight excluding hydrogens is 1500 g/mol. The number of nitrogens with one attached hydrogen (secondary N) is 1. The minimum absolute atomic E-state index is 0. The number of carboxylic acids is 1. The van der Waals surface area contributed by atoms with Gasteiger partial charge in [0.2, 0.25) is 17.7 Å². The van der Waals surface area contributed by atoms with Gasteiger partial charge in [0.1, 0.15) is 36.4 Å². The van der Waals surface area contributed by atoms with Gasteiger partial charge in [-0.1, -0.05) is 153 Å². The van der Waals surface area contributed by atoms with E-state index in [0.717, 1.165) is 157 Å². The molecule has 6 aromatic carbocycles. The van der Waals surface area contributed by atoms with Crippen LogP contribution in [0.25, 0.3) is 54.9 Å². The SMILES string of the molecule is C.CC[C@H](C)[C@H](NC(=O)OC)C(=O)O.CC[C@H]1C[C@@H](C2=NC=C(c3ccc4c(c3)COc3cc5c6c(ccc5cc3-4)N=C([C@@H]3CC[C@H](C)N3C(=O)[C@@H](C)C(C)C)C6)C2)N(C(=O)OC(C)(C)C)C1.CC[C@H]1C[C@@H](C2=NC=C(c3ccc4c(c3)COc3cc5c6c(ccc5cc3-4)N=C([C@@H]3CC[C@H](C)N3C(=O)[C@@H](C)C(C)C)C6)C2)N(C(=O)[C@@H](C)C(C)C)C1. The number of methoxy groups -OCH3 is 1. The average molecular weight is 1630 g/mol. The Morgan fingerprint density at radius 1 is 0.533 bits per heavy atom. The van der Waals surface area contributed by atoms with E-state index in [0.29, 0.717) is 55.8 Å². The van der Waals surface area contributed by atoms with E-state index in [2.05, 4.69) is 200 Å². The van der Waals surface area contributed by atoms with Crippen molar-refractivity contribution in [2.24, 2.45) is 73.2 Å². The van der Waals surface area contributed by atoms with E-state index in [1.807, 2.05) is 45.0 Å². The first-order chi connectivity index (χ1) is 56.7. The summed E-state index contributed by atoms with van der Waals surface area (Å²) in [7, 11) is 1.20. The molecule has 0 aliphatic carbocycles. The zero-order valence-electron chi connectivity index (χ0n) is 73.6. The Morgan fingerprint density at radius 2 is 0.967 bits per heavy atom. The van der Waals surface area contributed by atoms with Crippen LogP contribution in [0.15, 0.2) is 117 Å². The number of aliphatic imine (C=N–C) groups is 4. The van der Waals surface area contributed by atoms with E-state index < -0.39 is 23.7 Å². The van der Waals surface area contributed by atoms with Gasteiger partial charge < -0.3 is 44.1 Å². The van der Waals surface area contributed by atoms with E-state index in [4.69, 9.17) is 39.3 Å². The van der Waals surface area contributed by atoms with Crippen LogP contribution < -0.4 is 14.8 Å². The molecule has 0 radical (unpaired) electrons. The number of carbonyl (C=O) groups excluding carboxylic acids is 5. The molecule has 640 valence electrons. The maximum Gasteiger partial charge on any atom is 0.410 e. The van der Waals surface area contributed by atoms with Gasteiger partial charge in [0.15, 0.2) is 0 Å². The van der Waals surface area contributed by atoms with Gasteiger partial charge in [0, 0.05) is 115 Å². The Balaban J connectivity index is 0.000000179. The number of fused-ring (bicyclic) bond motifs is 12. The van der Waals surface area contributed by atoms with Gasteiger partial charge in [-0.25, -0.2) is 14.4 Å². The first kappa shape index (κ1) is 87.8. The maximum atomic E-state index is 13.6. The fourth-order valence-electron chi connectivity index (χ4n) is 19.2. The fraction of sp³-hybridized carbons (Fsp3) is 0.540. The number of likely N-dealkylation sites (tertiary alicyclic amines) is 4. The second kappa shape index (κ2) is 36.0. The topological polar surface area (TPSA) is 234 Å². The molecule has 0 spiro atoms. The van der Waals surface area contributed by atoms with Crippen molar-refractivity contribution >= 4 is 103 Å². The predicted molar refractivity (Wildman–Crippen MR) is 482 cm³/mol. The van der Waals surface area contributed by atoms with Crippen LogP contribution in [0.5, 0.6) is 11.5 Å². The normalized spacial score (nSPS) is 23.0. The van der Waals surface area contributed by atoms with Gasteiger partial charge in [0.05, 0.1) is 42.7 Å². The van der Waals surface area contributed by atoms with Crippen LogP contribution in [0, 0.1) is 53.3 Å². The Morgan fingerprint density at radius 3 is 1.38 bits per heavy atom. The number of carboxylic acid groups (broad SMARTS) is 1. The van der Waals surface area contributed by atoms with Gasteiger partial charge in [-0.05, 0) is 234 Å². The van der Waals surface area contributed by atoms with Crippen molar-refractivity contribution in [2.45, 2.75) is 277 Å². The lowest BCUT2D eigenvalue weighted by molar-refractivity contribution is -0.141. The monoisotopic (exact) mass is 1630 g/mol. The fourth-order valence-corrected chi connectivity index (χ4v) is 19.2. The van der Waals surface area contributed by atoms with Crippen molar-refractivity contribution in [1.29, 1.82) is 0 Å². The van der Waals surface area contributed by atoms with Crippen molar-refractivity contribution in [3.63, 3.8) is 0 Å². The summed E-state index contributed by atoms with van der Waals surface area (Å²) < 4.78 is 23.1. The second-order valence-corrected chi connectivity index (χ2v) is 37.5. The molecule has 0 saturated carbocycles. The number of amides is 5. The highest BCUT2D eigenvalue weighted by Gasteiger charge is 2.46. The molecule has 2 N–H and O–H groups in total. The minimum atomic E-state index is -1.04. The van der Waals surface area contributed by atoms with Crippen LogP contribution in [0.1, 0.15) is 236 Å². The Hall–Kier alpha value is -9.98. The molecule has 5 amide bonds. The lowest BCUT2D eigenvalue weighted by atomic mass is 9.89. The zero-order valence-corrected chi connectivity index (χ0v) is 73.6. The molecule has 0 bridgehead atoms. The number of aliphatic carboxylic acids is 1. The highest BCUT2D eigenvalue weighted by Crippen LogP contribution is 2.49. The summed E-state index contributed by atoms with van der Waals surface area (Å²) in [6.45, 7) is 39.7. The van der Waals surface area contributed by atoms with Crippen molar-refractivity contribution in [1.82, 2.24) is 24.9 Å². The first-order valence-corrected chi connectivity index (χ1v) is 44.1. The molecule has 4 saturated heterocycles. The summed E-state index contributed by atoms with van der Waals surface area (Å²) in [5, 5.41) is 15.7. The van der Waals surface area contributed by atoms with Gasteiger partial charge in [-0.2, -0.15) is 0 Å². The van der Waals surface area contributed by atoms with Gasteiger partial charge in [-0.3, -0.25) is 39.3 Å². The molecule has 6 aromatic rings. The number of alkyl carbamates (subject to hydrolysis) is 1. The van der Waals surface area contributed by atoms with Crippen LogP contribution in [-0.4, -0.2) is 152 Å². The van der Waals surface area contributed by atoms with Gasteiger partial charge >= 0.3 is 18.2 Å². The summed E-state index contributed by atoms with van der Waals surface area (Å²) in [5.74, 6) is 3.35. The summed E-state index contributed by atoms with van der Waals surface area (Å²) in [6.07, 6.45) is 14.8. The van der Waals surface area contributed by atoms with E-state index in [9.17, 15) is 28.8 Å². The lowest BCUT2D eigenvalue weighted by Crippen LogP contribution is -2.47. The molecule has 20 nitrogen and oxygen atoms in total. The summed E-state index contributed by atoms with van der Waals surface area (Å²) >= 11 is 0. The van der Waals surface area contributed by atoms with Crippen LogP contribution >= 0.6 is 0 Å². The number of rotatable bonds is 18. The number of ether oxygens (including phenoxy) is 4. The molecule has 10 aliphatic rings. The van der Waals surface area contributed by atoms with Crippen molar-refractivity contribution in [3.8, 4) is 33.8 Å². The van der Waals surface area contributed by atoms with Crippen LogP contribution in [0.4, 0.5) is 21.0 Å². The van der Waals surface area contributed by atoms with Crippen molar-refractivity contribution in [2.75, 3.05) is 20.2 Å². The van der Waals surface area contributed by atoms with Crippen LogP contribution in [0.2, 0.25) is 0 Å². The first-order valence-electron chi connectivity index (χ1n) is 44.1. The third-order valence-corrected chi connectivity index (χ3v) is 27.8.